The first-order chi connectivity index (χ1) is 8.14. The van der Waals surface area contributed by atoms with E-state index < -0.39 is 7.67 Å². The van der Waals surface area contributed by atoms with Crippen LogP contribution < -0.4 is 5.09 Å². The summed E-state index contributed by atoms with van der Waals surface area (Å²) in [5.74, 6) is 0.845. The Hall–Kier alpha value is 0.650. The molecule has 0 spiro atoms. The molecule has 2 N–H and O–H groups in total. The highest BCUT2D eigenvalue weighted by Crippen LogP contribution is 2.47. The van der Waals surface area contributed by atoms with Crippen LogP contribution >= 0.6 is 30.9 Å². The van der Waals surface area contributed by atoms with Gasteiger partial charge in [0.15, 0.2) is 0 Å². The second-order valence-corrected chi connectivity index (χ2v) is 6.20. The van der Waals surface area contributed by atoms with E-state index in [1.54, 1.807) is 11.6 Å². The topological polar surface area (TPSA) is 61.8 Å². The second kappa shape index (κ2) is 10.6. The Morgan fingerprint density at radius 2 is 1.94 bits per heavy atom. The summed E-state index contributed by atoms with van der Waals surface area (Å²) in [4.78, 5) is 0. The summed E-state index contributed by atoms with van der Waals surface area (Å²) in [6, 6.07) is 0. The van der Waals surface area contributed by atoms with Crippen LogP contribution in [0, 0.1) is 0 Å². The lowest BCUT2D eigenvalue weighted by atomic mass is 10.5. The van der Waals surface area contributed by atoms with E-state index in [1.165, 1.54) is 0 Å². The molecule has 0 amide bonds. The normalized spacial score (nSPS) is 24.3. The maximum Gasteiger partial charge on any atom is 0.343 e. The summed E-state index contributed by atoms with van der Waals surface area (Å²) in [7, 11) is -2.84. The van der Waals surface area contributed by atoms with E-state index in [-0.39, 0.29) is 6.61 Å². The Balaban J connectivity index is 0.000000770. The molecule has 0 aromatic carbocycles. The van der Waals surface area contributed by atoms with Crippen molar-refractivity contribution in [3.8, 4) is 0 Å². The summed E-state index contributed by atoms with van der Waals surface area (Å²) in [5, 5.41) is 10.5. The first-order valence-electron chi connectivity index (χ1n) is 5.62. The SMILES string of the molecule is CCO.O=P1(N(CCCl)CCCl)NCCCO1. The number of nitrogens with zero attached hydrogens (tertiary/aromatic N) is 1. The molecule has 0 saturated carbocycles. The van der Waals surface area contributed by atoms with E-state index in [1.807, 2.05) is 0 Å². The average molecular weight is 307 g/mol. The quantitative estimate of drug-likeness (QED) is 0.600. The van der Waals surface area contributed by atoms with Gasteiger partial charge in [0.2, 0.25) is 0 Å². The van der Waals surface area contributed by atoms with Crippen LogP contribution in [0.4, 0.5) is 0 Å². The predicted octanol–water partition coefficient (Wildman–Crippen LogP) is 1.88. The Labute approximate surface area is 113 Å². The fourth-order valence-corrected chi connectivity index (χ4v) is 3.92. The van der Waals surface area contributed by atoms with Gasteiger partial charge in [-0.1, -0.05) is 0 Å². The molecule has 1 fully saturated rings. The fraction of sp³-hybridized carbons (Fsp3) is 1.00. The van der Waals surface area contributed by atoms with Gasteiger partial charge in [-0.2, -0.15) is 0 Å². The first-order valence-corrected chi connectivity index (χ1v) is 8.27. The lowest BCUT2D eigenvalue weighted by Crippen LogP contribution is -2.35. The highest BCUT2D eigenvalue weighted by atomic mass is 35.5. The van der Waals surface area contributed by atoms with Crippen molar-refractivity contribution in [3.05, 3.63) is 0 Å². The molecule has 17 heavy (non-hydrogen) atoms. The number of nitrogens with one attached hydrogen (secondary N) is 1. The third-order valence-corrected chi connectivity index (χ3v) is 4.60. The van der Waals surface area contributed by atoms with E-state index in [4.69, 9.17) is 32.8 Å². The first kappa shape index (κ1) is 17.6. The zero-order chi connectivity index (χ0) is 13.1. The Bertz CT molecular complexity index is 218. The van der Waals surface area contributed by atoms with E-state index in [9.17, 15) is 4.57 Å². The van der Waals surface area contributed by atoms with Crippen LogP contribution in [0.15, 0.2) is 0 Å². The maximum absolute atomic E-state index is 12.2. The molecule has 1 atom stereocenters. The minimum absolute atomic E-state index is 0.250. The zero-order valence-corrected chi connectivity index (χ0v) is 12.5. The monoisotopic (exact) mass is 306 g/mol. The van der Waals surface area contributed by atoms with Crippen molar-refractivity contribution in [3.63, 3.8) is 0 Å². The van der Waals surface area contributed by atoms with Gasteiger partial charge in [-0.25, -0.2) is 9.76 Å². The van der Waals surface area contributed by atoms with Crippen molar-refractivity contribution < 1.29 is 14.2 Å². The molecule has 1 aliphatic rings. The largest absolute Gasteiger partial charge is 0.397 e. The van der Waals surface area contributed by atoms with Gasteiger partial charge < -0.3 is 9.63 Å². The number of halogens is 2. The second-order valence-electron chi connectivity index (χ2n) is 3.26. The van der Waals surface area contributed by atoms with Crippen molar-refractivity contribution in [1.29, 1.82) is 0 Å². The molecule has 0 aliphatic carbocycles. The highest BCUT2D eigenvalue weighted by Gasteiger charge is 2.32. The molecular weight excluding hydrogens is 286 g/mol. The van der Waals surface area contributed by atoms with Crippen molar-refractivity contribution in [1.82, 2.24) is 9.76 Å². The lowest BCUT2D eigenvalue weighted by molar-refractivity contribution is 0.233. The summed E-state index contributed by atoms with van der Waals surface area (Å²) in [6.45, 7) is 4.24. The number of alkyl halides is 2. The minimum atomic E-state index is -2.84. The molecular formula is C9H21Cl2N2O3P. The van der Waals surface area contributed by atoms with Gasteiger partial charge in [0, 0.05) is 38.0 Å². The minimum Gasteiger partial charge on any atom is -0.397 e. The van der Waals surface area contributed by atoms with Gasteiger partial charge in [0.1, 0.15) is 0 Å². The molecule has 0 aromatic rings. The molecule has 0 bridgehead atoms. The summed E-state index contributed by atoms with van der Waals surface area (Å²) < 4.78 is 19.2. The van der Waals surface area contributed by atoms with Gasteiger partial charge in [0.05, 0.1) is 6.61 Å². The van der Waals surface area contributed by atoms with Crippen LogP contribution in [-0.2, 0) is 9.09 Å². The number of hydrogen-bond acceptors (Lipinski definition) is 3. The predicted molar refractivity (Wildman–Crippen MR) is 72.0 cm³/mol. The van der Waals surface area contributed by atoms with Crippen molar-refractivity contribution in [2.45, 2.75) is 13.3 Å². The zero-order valence-electron chi connectivity index (χ0n) is 10.1. The van der Waals surface area contributed by atoms with Gasteiger partial charge in [-0.05, 0) is 13.3 Å². The van der Waals surface area contributed by atoms with Crippen molar-refractivity contribution in [2.75, 3.05) is 44.6 Å². The highest BCUT2D eigenvalue weighted by molar-refractivity contribution is 7.54. The molecule has 0 aromatic heterocycles. The van der Waals surface area contributed by atoms with Crippen molar-refractivity contribution in [2.24, 2.45) is 0 Å². The third kappa shape index (κ3) is 6.97. The fourth-order valence-electron chi connectivity index (χ4n) is 1.28. The number of aliphatic hydroxyl groups is 1. The van der Waals surface area contributed by atoms with Crippen LogP contribution in [0.1, 0.15) is 13.3 Å². The third-order valence-electron chi connectivity index (χ3n) is 1.96. The molecule has 5 nitrogen and oxygen atoms in total. The van der Waals surface area contributed by atoms with Crippen LogP contribution in [0.25, 0.3) is 0 Å². The van der Waals surface area contributed by atoms with E-state index in [2.05, 4.69) is 5.09 Å². The Morgan fingerprint density at radius 3 is 2.29 bits per heavy atom. The van der Waals surface area contributed by atoms with Crippen LogP contribution in [0.3, 0.4) is 0 Å². The summed E-state index contributed by atoms with van der Waals surface area (Å²) in [5.41, 5.74) is 0. The molecule has 1 unspecified atom stereocenters. The van der Waals surface area contributed by atoms with Crippen molar-refractivity contribution >= 4 is 30.9 Å². The molecule has 8 heteroatoms. The summed E-state index contributed by atoms with van der Waals surface area (Å²) in [6.07, 6.45) is 0.888. The molecule has 1 aliphatic heterocycles. The Morgan fingerprint density at radius 1 is 1.41 bits per heavy atom. The number of rotatable bonds is 5. The number of aliphatic hydroxyl groups excluding tert-OH is 1. The van der Waals surface area contributed by atoms with Gasteiger partial charge in [-0.3, -0.25) is 4.57 Å². The van der Waals surface area contributed by atoms with E-state index in [0.29, 0.717) is 31.5 Å². The van der Waals surface area contributed by atoms with E-state index >= 15 is 0 Å². The van der Waals surface area contributed by atoms with Gasteiger partial charge in [-0.15, -0.1) is 23.2 Å². The molecule has 104 valence electrons. The molecule has 1 heterocycles. The number of hydrogen-bond donors (Lipinski definition) is 2. The van der Waals surface area contributed by atoms with E-state index in [0.717, 1.165) is 13.0 Å². The maximum atomic E-state index is 12.2. The molecule has 1 rings (SSSR count). The van der Waals surface area contributed by atoms with Gasteiger partial charge >= 0.3 is 7.67 Å². The molecule has 1 saturated heterocycles. The average Bonchev–Trinajstić information content (AvgIpc) is 2.31. The van der Waals surface area contributed by atoms with Crippen LogP contribution in [-0.4, -0.2) is 54.4 Å². The molecule has 0 radical (unpaired) electrons. The standard InChI is InChI=1S/C7H15Cl2N2O2P.C2H6O/c8-2-5-11(6-3-9)14(12)10-4-1-7-13-14;1-2-3/h1-7H2,(H,10,12);3H,2H2,1H3. The smallest absolute Gasteiger partial charge is 0.343 e. The van der Waals surface area contributed by atoms with Crippen LogP contribution in [0.2, 0.25) is 0 Å². The van der Waals surface area contributed by atoms with Crippen LogP contribution in [0.5, 0.6) is 0 Å². The summed E-state index contributed by atoms with van der Waals surface area (Å²) >= 11 is 11.2. The Kier molecular flexibility index (Phi) is 11.0. The van der Waals surface area contributed by atoms with Gasteiger partial charge in [0.25, 0.3) is 0 Å². The lowest BCUT2D eigenvalue weighted by Gasteiger charge is -2.33.